The van der Waals surface area contributed by atoms with Gasteiger partial charge < -0.3 is 21.7 Å². The highest BCUT2D eigenvalue weighted by atomic mass is 35.5. The zero-order valence-corrected chi connectivity index (χ0v) is 11.9. The minimum absolute atomic E-state index is 0. The lowest BCUT2D eigenvalue weighted by Crippen LogP contribution is -3.04. The van der Waals surface area contributed by atoms with Crippen LogP contribution in [0.5, 0.6) is 0 Å². The molecule has 0 radical (unpaired) electrons. The molecular weight excluding hydrogens is 250 g/mol. The van der Waals surface area contributed by atoms with Crippen LogP contribution >= 0.6 is 0 Å². The lowest BCUT2D eigenvalue weighted by Gasteiger charge is -2.08. The van der Waals surface area contributed by atoms with Crippen molar-refractivity contribution in [1.82, 2.24) is 0 Å². The maximum absolute atomic E-state index is 12.1. The molecular formula is C14H18ClNO2. The molecule has 0 amide bonds. The molecule has 0 saturated heterocycles. The Morgan fingerprint density at radius 1 is 1.22 bits per heavy atom. The van der Waals surface area contributed by atoms with Crippen LogP contribution in [-0.2, 0) is 6.54 Å². The van der Waals surface area contributed by atoms with E-state index in [0.717, 1.165) is 12.1 Å². The van der Waals surface area contributed by atoms with Crippen molar-refractivity contribution in [3.63, 3.8) is 0 Å². The Labute approximate surface area is 113 Å². The minimum Gasteiger partial charge on any atom is -1.00 e. The van der Waals surface area contributed by atoms with E-state index in [4.69, 9.17) is 4.42 Å². The van der Waals surface area contributed by atoms with Gasteiger partial charge in [0.2, 0.25) is 0 Å². The summed E-state index contributed by atoms with van der Waals surface area (Å²) in [5, 5.41) is 0.687. The van der Waals surface area contributed by atoms with Crippen molar-refractivity contribution in [3.8, 4) is 0 Å². The van der Waals surface area contributed by atoms with Crippen LogP contribution in [0.2, 0.25) is 0 Å². The third kappa shape index (κ3) is 2.74. The fourth-order valence-corrected chi connectivity index (χ4v) is 1.97. The number of benzene rings is 1. The minimum atomic E-state index is 0. The van der Waals surface area contributed by atoms with E-state index in [9.17, 15) is 4.79 Å². The van der Waals surface area contributed by atoms with Gasteiger partial charge in [-0.2, -0.15) is 0 Å². The summed E-state index contributed by atoms with van der Waals surface area (Å²) in [6, 6.07) is 5.86. The summed E-state index contributed by atoms with van der Waals surface area (Å²) in [5.74, 6) is 0.702. The van der Waals surface area contributed by atoms with Gasteiger partial charge in [-0.3, -0.25) is 4.79 Å². The first-order valence-corrected chi connectivity index (χ1v) is 5.81. The van der Waals surface area contributed by atoms with Crippen LogP contribution in [0.1, 0.15) is 16.9 Å². The van der Waals surface area contributed by atoms with Crippen LogP contribution in [0, 0.1) is 13.8 Å². The first-order chi connectivity index (χ1) is 7.99. The second-order valence-electron chi connectivity index (χ2n) is 4.83. The fourth-order valence-electron chi connectivity index (χ4n) is 1.97. The molecule has 18 heavy (non-hydrogen) atoms. The van der Waals surface area contributed by atoms with E-state index in [1.807, 2.05) is 32.0 Å². The lowest BCUT2D eigenvalue weighted by atomic mass is 10.1. The van der Waals surface area contributed by atoms with E-state index in [1.165, 1.54) is 4.90 Å². The van der Waals surface area contributed by atoms with E-state index >= 15 is 0 Å². The standard InChI is InChI=1S/C14H17NO2.ClH/c1-9-10(2)17-13-6-5-11(8-15(3)4)7-12(13)14(9)16;/h5-7H,8H2,1-4H3;1H. The Bertz CT molecular complexity index is 617. The molecule has 0 aliphatic carbocycles. The molecule has 1 aromatic heterocycles. The van der Waals surface area contributed by atoms with Crippen molar-refractivity contribution >= 4 is 11.0 Å². The van der Waals surface area contributed by atoms with Crippen molar-refractivity contribution < 1.29 is 21.7 Å². The molecule has 1 N–H and O–H groups in total. The topological polar surface area (TPSA) is 34.7 Å². The summed E-state index contributed by atoms with van der Waals surface area (Å²) in [6.07, 6.45) is 0. The van der Waals surface area contributed by atoms with E-state index in [-0.39, 0.29) is 17.8 Å². The predicted octanol–water partition coefficient (Wildman–Crippen LogP) is -1.94. The molecule has 4 heteroatoms. The van der Waals surface area contributed by atoms with Gasteiger partial charge >= 0.3 is 0 Å². The molecule has 2 aromatic rings. The van der Waals surface area contributed by atoms with Gasteiger partial charge in [0, 0.05) is 11.1 Å². The number of nitrogens with one attached hydrogen (secondary N) is 1. The summed E-state index contributed by atoms with van der Waals surface area (Å²) < 4.78 is 5.63. The molecule has 0 unspecified atom stereocenters. The first-order valence-electron chi connectivity index (χ1n) is 5.81. The largest absolute Gasteiger partial charge is 1.00 e. The number of hydrogen-bond acceptors (Lipinski definition) is 2. The smallest absolute Gasteiger partial charge is 0.195 e. The predicted molar refractivity (Wildman–Crippen MR) is 68.5 cm³/mol. The summed E-state index contributed by atoms with van der Waals surface area (Å²) in [7, 11) is 4.18. The summed E-state index contributed by atoms with van der Waals surface area (Å²) in [6.45, 7) is 4.54. The monoisotopic (exact) mass is 267 g/mol. The molecule has 98 valence electrons. The molecule has 0 aliphatic rings. The van der Waals surface area contributed by atoms with E-state index in [1.54, 1.807) is 0 Å². The second kappa shape index (κ2) is 5.55. The Hall–Kier alpha value is -1.32. The zero-order chi connectivity index (χ0) is 12.6. The average Bonchev–Trinajstić information content (AvgIpc) is 2.26. The van der Waals surface area contributed by atoms with Crippen molar-refractivity contribution in [1.29, 1.82) is 0 Å². The Morgan fingerprint density at radius 3 is 2.50 bits per heavy atom. The summed E-state index contributed by atoms with van der Waals surface area (Å²) in [4.78, 5) is 13.5. The third-order valence-electron chi connectivity index (χ3n) is 2.98. The van der Waals surface area contributed by atoms with Crippen molar-refractivity contribution in [2.24, 2.45) is 0 Å². The molecule has 0 bridgehead atoms. The van der Waals surface area contributed by atoms with Gasteiger partial charge in [0.1, 0.15) is 17.9 Å². The highest BCUT2D eigenvalue weighted by molar-refractivity contribution is 5.78. The number of aryl methyl sites for hydroxylation is 1. The van der Waals surface area contributed by atoms with Gasteiger partial charge in [-0.25, -0.2) is 0 Å². The van der Waals surface area contributed by atoms with Crippen molar-refractivity contribution in [2.75, 3.05) is 14.1 Å². The third-order valence-corrected chi connectivity index (χ3v) is 2.98. The van der Waals surface area contributed by atoms with Crippen LogP contribution < -0.4 is 22.7 Å². The molecule has 1 heterocycles. The molecule has 1 aromatic carbocycles. The zero-order valence-electron chi connectivity index (χ0n) is 11.1. The molecule has 3 nitrogen and oxygen atoms in total. The molecule has 0 atom stereocenters. The highest BCUT2D eigenvalue weighted by Crippen LogP contribution is 2.16. The lowest BCUT2D eigenvalue weighted by molar-refractivity contribution is -0.872. The van der Waals surface area contributed by atoms with E-state index in [0.29, 0.717) is 22.3 Å². The Balaban J connectivity index is 0.00000162. The van der Waals surface area contributed by atoms with Gasteiger partial charge in [0.25, 0.3) is 0 Å². The maximum atomic E-state index is 12.1. The van der Waals surface area contributed by atoms with Crippen LogP contribution in [-0.4, -0.2) is 14.1 Å². The van der Waals surface area contributed by atoms with Gasteiger partial charge in [-0.15, -0.1) is 0 Å². The highest BCUT2D eigenvalue weighted by Gasteiger charge is 2.09. The second-order valence-corrected chi connectivity index (χ2v) is 4.83. The fraction of sp³-hybridized carbons (Fsp3) is 0.357. The number of hydrogen-bond donors (Lipinski definition) is 1. The van der Waals surface area contributed by atoms with E-state index < -0.39 is 0 Å². The molecule has 0 spiro atoms. The first kappa shape index (κ1) is 14.7. The van der Waals surface area contributed by atoms with Crippen LogP contribution in [0.4, 0.5) is 0 Å². The number of fused-ring (bicyclic) bond motifs is 1. The van der Waals surface area contributed by atoms with Crippen LogP contribution in [0.3, 0.4) is 0 Å². The average molecular weight is 268 g/mol. The maximum Gasteiger partial charge on any atom is 0.195 e. The SMILES string of the molecule is Cc1oc2ccc(C[NH+](C)C)cc2c(=O)c1C.[Cl-]. The molecule has 0 fully saturated rings. The van der Waals surface area contributed by atoms with Crippen molar-refractivity contribution in [2.45, 2.75) is 20.4 Å². The van der Waals surface area contributed by atoms with Crippen molar-refractivity contribution in [3.05, 3.63) is 45.3 Å². The molecule has 0 saturated carbocycles. The Morgan fingerprint density at radius 2 is 1.89 bits per heavy atom. The Kier molecular flexibility index (Phi) is 4.54. The quantitative estimate of drug-likeness (QED) is 0.687. The van der Waals surface area contributed by atoms with E-state index in [2.05, 4.69) is 14.1 Å². The van der Waals surface area contributed by atoms with Gasteiger partial charge in [0.15, 0.2) is 5.43 Å². The number of rotatable bonds is 2. The normalized spacial score (nSPS) is 10.7. The number of quaternary nitrogens is 1. The summed E-state index contributed by atoms with van der Waals surface area (Å²) >= 11 is 0. The van der Waals surface area contributed by atoms with Gasteiger partial charge in [0.05, 0.1) is 19.5 Å². The van der Waals surface area contributed by atoms with Gasteiger partial charge in [-0.1, -0.05) is 0 Å². The van der Waals surface area contributed by atoms with Gasteiger partial charge in [-0.05, 0) is 32.0 Å². The van der Waals surface area contributed by atoms with Crippen LogP contribution in [0.15, 0.2) is 27.4 Å². The molecule has 0 aliphatic heterocycles. The number of halogens is 1. The summed E-state index contributed by atoms with van der Waals surface area (Å²) in [5.41, 5.74) is 2.62. The molecule has 2 rings (SSSR count). The van der Waals surface area contributed by atoms with Crippen LogP contribution in [0.25, 0.3) is 11.0 Å².